The van der Waals surface area contributed by atoms with Gasteiger partial charge in [0.1, 0.15) is 17.7 Å². The van der Waals surface area contributed by atoms with E-state index in [4.69, 9.17) is 16.3 Å². The van der Waals surface area contributed by atoms with E-state index < -0.39 is 0 Å². The summed E-state index contributed by atoms with van der Waals surface area (Å²) >= 11 is 6.14. The molecule has 6 heteroatoms. The second-order valence-electron chi connectivity index (χ2n) is 7.24. The van der Waals surface area contributed by atoms with Gasteiger partial charge in [0.15, 0.2) is 0 Å². The highest BCUT2D eigenvalue weighted by Gasteiger charge is 2.22. The van der Waals surface area contributed by atoms with Crippen LogP contribution in [-0.2, 0) is 0 Å². The molecule has 0 amide bonds. The van der Waals surface area contributed by atoms with Gasteiger partial charge in [-0.2, -0.15) is 0 Å². The molecule has 0 aromatic heterocycles. The molecule has 0 spiro atoms. The Morgan fingerprint density at radius 1 is 0.867 bits per heavy atom. The Kier molecular flexibility index (Phi) is 7.97. The average molecular weight is 447 g/mol. The molecule has 1 aliphatic rings. The minimum absolute atomic E-state index is 0. The number of piperazine rings is 1. The number of rotatable bonds is 6. The highest BCUT2D eigenvalue weighted by atomic mass is 35.5. The van der Waals surface area contributed by atoms with Crippen LogP contribution in [0.4, 0.5) is 10.1 Å². The molecule has 1 unspecified atom stereocenters. The van der Waals surface area contributed by atoms with Gasteiger partial charge in [0.2, 0.25) is 0 Å². The van der Waals surface area contributed by atoms with Crippen LogP contribution in [0, 0.1) is 5.82 Å². The van der Waals surface area contributed by atoms with E-state index in [0.29, 0.717) is 5.75 Å². The first-order valence-corrected chi connectivity index (χ1v) is 10.3. The zero-order chi connectivity index (χ0) is 20.1. The highest BCUT2D eigenvalue weighted by molar-refractivity contribution is 6.30. The molecule has 1 heterocycles. The first kappa shape index (κ1) is 22.4. The van der Waals surface area contributed by atoms with Crippen LogP contribution in [0.1, 0.15) is 11.7 Å². The summed E-state index contributed by atoms with van der Waals surface area (Å²) in [5.41, 5.74) is 2.29. The van der Waals surface area contributed by atoms with E-state index in [9.17, 15) is 4.39 Å². The summed E-state index contributed by atoms with van der Waals surface area (Å²) in [5.74, 6) is 0.420. The molecule has 1 atom stereocenters. The fraction of sp³-hybridized carbons (Fsp3) is 0.250. The van der Waals surface area contributed by atoms with E-state index in [1.54, 1.807) is 12.1 Å². The van der Waals surface area contributed by atoms with Crippen molar-refractivity contribution in [3.8, 4) is 5.75 Å². The molecule has 0 aliphatic carbocycles. The van der Waals surface area contributed by atoms with Gasteiger partial charge in [-0.25, -0.2) is 4.39 Å². The van der Waals surface area contributed by atoms with Crippen molar-refractivity contribution in [3.63, 3.8) is 0 Å². The molecule has 4 rings (SSSR count). The maximum atomic E-state index is 13.2. The number of hydrogen-bond acceptors (Lipinski definition) is 3. The Hall–Kier alpha value is -2.27. The van der Waals surface area contributed by atoms with Crippen molar-refractivity contribution in [2.24, 2.45) is 0 Å². The largest absolute Gasteiger partial charge is 0.484 e. The maximum absolute atomic E-state index is 13.2. The Labute approximate surface area is 188 Å². The normalized spacial score (nSPS) is 15.3. The van der Waals surface area contributed by atoms with Crippen LogP contribution in [0.3, 0.4) is 0 Å². The summed E-state index contributed by atoms with van der Waals surface area (Å²) in [5, 5.41) is 0.766. The Morgan fingerprint density at radius 2 is 1.57 bits per heavy atom. The van der Waals surface area contributed by atoms with Gasteiger partial charge in [-0.15, -0.1) is 12.4 Å². The van der Waals surface area contributed by atoms with Gasteiger partial charge in [-0.05, 0) is 48.0 Å². The fourth-order valence-electron chi connectivity index (χ4n) is 3.65. The van der Waals surface area contributed by atoms with E-state index in [1.165, 1.54) is 17.8 Å². The molecule has 0 bridgehead atoms. The van der Waals surface area contributed by atoms with E-state index in [1.807, 2.05) is 36.4 Å². The summed E-state index contributed by atoms with van der Waals surface area (Å²) in [6.45, 7) is 4.56. The SMILES string of the molecule is Cl.Fc1ccc(OC(CN2CCN(c3cccc(Cl)c3)CC2)c2ccccc2)cc1. The predicted octanol–water partition coefficient (Wildman–Crippen LogP) is 5.84. The number of nitrogens with zero attached hydrogens (tertiary/aromatic N) is 2. The lowest BCUT2D eigenvalue weighted by Crippen LogP contribution is -2.48. The lowest BCUT2D eigenvalue weighted by molar-refractivity contribution is 0.128. The Bertz CT molecular complexity index is 916. The van der Waals surface area contributed by atoms with Gasteiger partial charge in [0.05, 0.1) is 0 Å². The lowest BCUT2D eigenvalue weighted by Gasteiger charge is -2.37. The van der Waals surface area contributed by atoms with Gasteiger partial charge in [-0.1, -0.05) is 48.0 Å². The molecule has 30 heavy (non-hydrogen) atoms. The van der Waals surface area contributed by atoms with Gasteiger partial charge < -0.3 is 9.64 Å². The standard InChI is InChI=1S/C24H24ClFN2O.ClH/c25-20-7-4-8-22(17-20)28-15-13-27(14-16-28)18-24(19-5-2-1-3-6-19)29-23-11-9-21(26)10-12-23;/h1-12,17,24H,13-16,18H2;1H. The van der Waals surface area contributed by atoms with Crippen molar-refractivity contribution in [2.75, 3.05) is 37.6 Å². The summed E-state index contributed by atoms with van der Waals surface area (Å²) in [6.07, 6.45) is -0.112. The minimum Gasteiger partial charge on any atom is -0.484 e. The molecule has 0 N–H and O–H groups in total. The monoisotopic (exact) mass is 446 g/mol. The van der Waals surface area contributed by atoms with Crippen molar-refractivity contribution in [3.05, 3.63) is 95.3 Å². The smallest absolute Gasteiger partial charge is 0.136 e. The quantitative estimate of drug-likeness (QED) is 0.472. The number of ether oxygens (including phenoxy) is 1. The van der Waals surface area contributed by atoms with Crippen molar-refractivity contribution in [1.82, 2.24) is 4.90 Å². The molecule has 1 saturated heterocycles. The molecule has 0 saturated carbocycles. The molecule has 0 radical (unpaired) electrons. The second kappa shape index (κ2) is 10.7. The lowest BCUT2D eigenvalue weighted by atomic mass is 10.1. The van der Waals surface area contributed by atoms with E-state index in [2.05, 4.69) is 28.0 Å². The first-order valence-electron chi connectivity index (χ1n) is 9.87. The van der Waals surface area contributed by atoms with Gasteiger partial charge >= 0.3 is 0 Å². The van der Waals surface area contributed by atoms with Crippen LogP contribution in [0.25, 0.3) is 0 Å². The molecule has 3 nitrogen and oxygen atoms in total. The summed E-state index contributed by atoms with van der Waals surface area (Å²) in [6, 6.07) is 24.4. The van der Waals surface area contributed by atoms with E-state index in [-0.39, 0.29) is 24.3 Å². The van der Waals surface area contributed by atoms with Crippen molar-refractivity contribution in [1.29, 1.82) is 0 Å². The predicted molar refractivity (Wildman–Crippen MR) is 124 cm³/mol. The molecular weight excluding hydrogens is 422 g/mol. The van der Waals surface area contributed by atoms with Crippen molar-refractivity contribution >= 4 is 29.7 Å². The van der Waals surface area contributed by atoms with Crippen molar-refractivity contribution in [2.45, 2.75) is 6.10 Å². The summed E-state index contributed by atoms with van der Waals surface area (Å²) in [7, 11) is 0. The van der Waals surface area contributed by atoms with Crippen LogP contribution >= 0.6 is 24.0 Å². The molecule has 1 fully saturated rings. The fourth-order valence-corrected chi connectivity index (χ4v) is 3.84. The molecular formula is C24H25Cl2FN2O. The van der Waals surface area contributed by atoms with Crippen molar-refractivity contribution < 1.29 is 9.13 Å². The summed E-state index contributed by atoms with van der Waals surface area (Å²) < 4.78 is 19.5. The third-order valence-electron chi connectivity index (χ3n) is 5.23. The summed E-state index contributed by atoms with van der Waals surface area (Å²) in [4.78, 5) is 4.78. The third-order valence-corrected chi connectivity index (χ3v) is 5.47. The van der Waals surface area contributed by atoms with Crippen LogP contribution in [0.2, 0.25) is 5.02 Å². The molecule has 1 aliphatic heterocycles. The number of anilines is 1. The maximum Gasteiger partial charge on any atom is 0.136 e. The molecule has 158 valence electrons. The average Bonchev–Trinajstić information content (AvgIpc) is 2.76. The van der Waals surface area contributed by atoms with Gasteiger partial charge in [0.25, 0.3) is 0 Å². The second-order valence-corrected chi connectivity index (χ2v) is 7.68. The van der Waals surface area contributed by atoms with Gasteiger partial charge in [-0.3, -0.25) is 4.90 Å². The molecule has 3 aromatic carbocycles. The number of halogens is 3. The first-order chi connectivity index (χ1) is 14.2. The zero-order valence-corrected chi connectivity index (χ0v) is 18.2. The Morgan fingerprint density at radius 3 is 2.23 bits per heavy atom. The van der Waals surface area contributed by atoms with E-state index >= 15 is 0 Å². The van der Waals surface area contributed by atoms with Crippen LogP contribution in [0.15, 0.2) is 78.9 Å². The zero-order valence-electron chi connectivity index (χ0n) is 16.6. The molecule has 3 aromatic rings. The van der Waals surface area contributed by atoms with Crippen LogP contribution in [0.5, 0.6) is 5.75 Å². The third kappa shape index (κ3) is 5.88. The van der Waals surface area contributed by atoms with E-state index in [0.717, 1.165) is 43.3 Å². The van der Waals surface area contributed by atoms with Gasteiger partial charge in [0, 0.05) is 43.4 Å². The topological polar surface area (TPSA) is 15.7 Å². The number of hydrogen-bond donors (Lipinski definition) is 0. The Balaban J connectivity index is 0.00000256. The highest BCUT2D eigenvalue weighted by Crippen LogP contribution is 2.25. The van der Waals surface area contributed by atoms with Crippen LogP contribution in [-0.4, -0.2) is 37.6 Å². The number of benzene rings is 3. The minimum atomic E-state index is -0.259. The van der Waals surface area contributed by atoms with Crippen LogP contribution < -0.4 is 9.64 Å².